The molecule has 2 fully saturated rings. The Labute approximate surface area is 79.6 Å². The molecule has 1 saturated carbocycles. The van der Waals surface area contributed by atoms with E-state index in [4.69, 9.17) is 4.74 Å². The van der Waals surface area contributed by atoms with E-state index in [-0.39, 0.29) is 11.7 Å². The maximum atomic E-state index is 9.60. The lowest BCUT2D eigenvalue weighted by atomic mass is 9.74. The Kier molecular flexibility index (Phi) is 2.20. The molecule has 0 bridgehead atoms. The molecule has 2 nitrogen and oxygen atoms in total. The minimum atomic E-state index is -0.116. The Balaban J connectivity index is 2.13. The van der Waals surface area contributed by atoms with Gasteiger partial charge in [-0.25, -0.2) is 0 Å². The van der Waals surface area contributed by atoms with Crippen LogP contribution in [-0.4, -0.2) is 23.4 Å². The summed E-state index contributed by atoms with van der Waals surface area (Å²) >= 11 is 0. The standard InChI is InChI=1S/C11H18O2/c1-3-8(2)10-6-9(12)4-5-11(10)7-13-11/h3,9-10,12H,4-7H2,1-2H3/b8-3+/t9-,10+,11-/m0/s1. The molecule has 0 amide bonds. The van der Waals surface area contributed by atoms with Crippen LogP contribution in [0, 0.1) is 5.92 Å². The van der Waals surface area contributed by atoms with E-state index >= 15 is 0 Å². The summed E-state index contributed by atoms with van der Waals surface area (Å²) in [6, 6.07) is 0. The van der Waals surface area contributed by atoms with E-state index in [1.165, 1.54) is 5.57 Å². The first-order valence-corrected chi connectivity index (χ1v) is 5.13. The van der Waals surface area contributed by atoms with Gasteiger partial charge in [0.25, 0.3) is 0 Å². The molecule has 0 aromatic rings. The molecule has 1 saturated heterocycles. The fraction of sp³-hybridized carbons (Fsp3) is 0.818. The maximum Gasteiger partial charge on any atom is 0.0983 e. The summed E-state index contributed by atoms with van der Waals surface area (Å²) in [4.78, 5) is 0. The van der Waals surface area contributed by atoms with Gasteiger partial charge in [-0.2, -0.15) is 0 Å². The lowest BCUT2D eigenvalue weighted by Gasteiger charge is -2.32. The molecule has 13 heavy (non-hydrogen) atoms. The van der Waals surface area contributed by atoms with Gasteiger partial charge in [0, 0.05) is 5.92 Å². The number of ether oxygens (including phenoxy) is 1. The molecule has 1 N–H and O–H groups in total. The van der Waals surface area contributed by atoms with Crippen LogP contribution in [0.1, 0.15) is 33.1 Å². The number of aliphatic hydroxyl groups excluding tert-OH is 1. The first-order chi connectivity index (χ1) is 6.18. The zero-order valence-corrected chi connectivity index (χ0v) is 8.42. The number of allylic oxidation sites excluding steroid dienone is 1. The molecule has 0 unspecified atom stereocenters. The number of aliphatic hydroxyl groups is 1. The predicted octanol–water partition coefficient (Wildman–Crippen LogP) is 1.88. The van der Waals surface area contributed by atoms with Gasteiger partial charge in [0.15, 0.2) is 0 Å². The molecule has 74 valence electrons. The highest BCUT2D eigenvalue weighted by atomic mass is 16.6. The van der Waals surface area contributed by atoms with Gasteiger partial charge in [0.1, 0.15) is 0 Å². The third-order valence-corrected chi connectivity index (χ3v) is 3.56. The Morgan fingerprint density at radius 2 is 2.31 bits per heavy atom. The van der Waals surface area contributed by atoms with Gasteiger partial charge in [-0.05, 0) is 33.1 Å². The SMILES string of the molecule is C/C=C(\C)[C@H]1C[C@@H](O)CC[C@]12CO2. The molecule has 1 aliphatic heterocycles. The van der Waals surface area contributed by atoms with E-state index in [0.29, 0.717) is 5.92 Å². The highest BCUT2D eigenvalue weighted by Gasteiger charge is 2.54. The number of rotatable bonds is 1. The summed E-state index contributed by atoms with van der Waals surface area (Å²) in [5.41, 5.74) is 1.49. The molecule has 1 heterocycles. The van der Waals surface area contributed by atoms with Gasteiger partial charge < -0.3 is 9.84 Å². The van der Waals surface area contributed by atoms with Crippen LogP contribution >= 0.6 is 0 Å². The fourth-order valence-electron chi connectivity index (χ4n) is 2.43. The van der Waals surface area contributed by atoms with Crippen molar-refractivity contribution in [1.82, 2.24) is 0 Å². The molecule has 1 aliphatic carbocycles. The third-order valence-electron chi connectivity index (χ3n) is 3.56. The van der Waals surface area contributed by atoms with Crippen LogP contribution in [0.25, 0.3) is 0 Å². The minimum absolute atomic E-state index is 0.116. The summed E-state index contributed by atoms with van der Waals surface area (Å²) in [6.07, 6.45) is 4.86. The van der Waals surface area contributed by atoms with Gasteiger partial charge in [0.2, 0.25) is 0 Å². The smallest absolute Gasteiger partial charge is 0.0983 e. The Morgan fingerprint density at radius 1 is 1.62 bits per heavy atom. The van der Waals surface area contributed by atoms with Crippen LogP contribution in [0.4, 0.5) is 0 Å². The molecule has 2 rings (SSSR count). The van der Waals surface area contributed by atoms with Gasteiger partial charge >= 0.3 is 0 Å². The zero-order valence-electron chi connectivity index (χ0n) is 8.42. The minimum Gasteiger partial charge on any atom is -0.393 e. The monoisotopic (exact) mass is 182 g/mol. The third kappa shape index (κ3) is 1.53. The van der Waals surface area contributed by atoms with E-state index in [1.54, 1.807) is 0 Å². The maximum absolute atomic E-state index is 9.60. The summed E-state index contributed by atoms with van der Waals surface area (Å²) in [5.74, 6) is 0.459. The molecule has 0 aromatic carbocycles. The fourth-order valence-corrected chi connectivity index (χ4v) is 2.43. The Hall–Kier alpha value is -0.340. The lowest BCUT2D eigenvalue weighted by Crippen LogP contribution is -2.35. The average molecular weight is 182 g/mol. The second-order valence-corrected chi connectivity index (χ2v) is 4.37. The second-order valence-electron chi connectivity index (χ2n) is 4.37. The Bertz CT molecular complexity index is 228. The zero-order chi connectivity index (χ0) is 9.47. The highest BCUT2D eigenvalue weighted by molar-refractivity contribution is 5.16. The van der Waals surface area contributed by atoms with Crippen molar-refractivity contribution in [1.29, 1.82) is 0 Å². The quantitative estimate of drug-likeness (QED) is 0.496. The number of hydrogen-bond donors (Lipinski definition) is 1. The van der Waals surface area contributed by atoms with E-state index in [2.05, 4.69) is 19.9 Å². The van der Waals surface area contributed by atoms with Crippen LogP contribution < -0.4 is 0 Å². The summed E-state index contributed by atoms with van der Waals surface area (Å²) in [6.45, 7) is 5.11. The molecule has 2 heteroatoms. The van der Waals surface area contributed by atoms with Crippen LogP contribution in [0.2, 0.25) is 0 Å². The van der Waals surface area contributed by atoms with Crippen LogP contribution in [-0.2, 0) is 4.74 Å². The lowest BCUT2D eigenvalue weighted by molar-refractivity contribution is 0.0616. The molecule has 1 spiro atoms. The number of hydrogen-bond acceptors (Lipinski definition) is 2. The van der Waals surface area contributed by atoms with Crippen molar-refractivity contribution >= 4 is 0 Å². The first-order valence-electron chi connectivity index (χ1n) is 5.13. The number of epoxide rings is 1. The second kappa shape index (κ2) is 3.10. The average Bonchev–Trinajstić information content (AvgIpc) is 2.90. The molecule has 3 atom stereocenters. The van der Waals surface area contributed by atoms with Crippen molar-refractivity contribution in [2.75, 3.05) is 6.61 Å². The summed E-state index contributed by atoms with van der Waals surface area (Å²) in [7, 11) is 0. The molecular formula is C11H18O2. The van der Waals surface area contributed by atoms with Crippen LogP contribution in [0.15, 0.2) is 11.6 Å². The van der Waals surface area contributed by atoms with E-state index in [0.717, 1.165) is 25.9 Å². The predicted molar refractivity (Wildman–Crippen MR) is 51.5 cm³/mol. The first kappa shape index (κ1) is 9.22. The van der Waals surface area contributed by atoms with Crippen LogP contribution in [0.5, 0.6) is 0 Å². The van der Waals surface area contributed by atoms with Crippen LogP contribution in [0.3, 0.4) is 0 Å². The van der Waals surface area contributed by atoms with Crippen molar-refractivity contribution in [3.63, 3.8) is 0 Å². The van der Waals surface area contributed by atoms with Gasteiger partial charge in [-0.15, -0.1) is 0 Å². The largest absolute Gasteiger partial charge is 0.393 e. The van der Waals surface area contributed by atoms with Gasteiger partial charge in [-0.1, -0.05) is 11.6 Å². The Morgan fingerprint density at radius 3 is 2.85 bits per heavy atom. The summed E-state index contributed by atoms with van der Waals surface area (Å²) < 4.78 is 5.57. The van der Waals surface area contributed by atoms with Gasteiger partial charge in [0.05, 0.1) is 18.3 Å². The molecule has 0 aromatic heterocycles. The van der Waals surface area contributed by atoms with Gasteiger partial charge in [-0.3, -0.25) is 0 Å². The molecular weight excluding hydrogens is 164 g/mol. The highest BCUT2D eigenvalue weighted by Crippen LogP contribution is 2.48. The normalized spacial score (nSPS) is 45.3. The van der Waals surface area contributed by atoms with E-state index < -0.39 is 0 Å². The van der Waals surface area contributed by atoms with Crippen molar-refractivity contribution in [2.24, 2.45) is 5.92 Å². The van der Waals surface area contributed by atoms with Crippen molar-refractivity contribution < 1.29 is 9.84 Å². The molecule has 2 aliphatic rings. The molecule has 0 radical (unpaired) electrons. The topological polar surface area (TPSA) is 32.8 Å². The summed E-state index contributed by atoms with van der Waals surface area (Å²) in [5, 5.41) is 9.60. The van der Waals surface area contributed by atoms with Crippen molar-refractivity contribution in [3.8, 4) is 0 Å². The van der Waals surface area contributed by atoms with E-state index in [1.807, 2.05) is 0 Å². The van der Waals surface area contributed by atoms with Crippen molar-refractivity contribution in [2.45, 2.75) is 44.8 Å². The van der Waals surface area contributed by atoms with Crippen molar-refractivity contribution in [3.05, 3.63) is 11.6 Å². The van der Waals surface area contributed by atoms with E-state index in [9.17, 15) is 5.11 Å².